The van der Waals surface area contributed by atoms with Crippen molar-refractivity contribution in [1.29, 1.82) is 0 Å². The Hall–Kier alpha value is -1.89. The van der Waals surface area contributed by atoms with Gasteiger partial charge >= 0.3 is 7.82 Å². The third-order valence-corrected chi connectivity index (χ3v) is 5.66. The van der Waals surface area contributed by atoms with Crippen LogP contribution < -0.4 is 5.73 Å². The molecule has 1 fully saturated rings. The topological polar surface area (TPSA) is 173 Å². The molecule has 0 saturated carbocycles. The van der Waals surface area contributed by atoms with Crippen LogP contribution in [-0.2, 0) is 13.8 Å². The molecule has 3 aromatic heterocycles. The second-order valence-corrected chi connectivity index (χ2v) is 8.27. The molecular formula is C15H17N4O7PS. The molecular weight excluding hydrogens is 411 g/mol. The van der Waals surface area contributed by atoms with E-state index in [1.807, 2.05) is 16.8 Å². The van der Waals surface area contributed by atoms with Gasteiger partial charge in [0.05, 0.1) is 12.0 Å². The molecule has 3 aromatic rings. The second-order valence-electron chi connectivity index (χ2n) is 6.25. The first-order chi connectivity index (χ1) is 13.3. The van der Waals surface area contributed by atoms with Gasteiger partial charge in [0.25, 0.3) is 0 Å². The Bertz CT molecular complexity index is 1040. The maximum absolute atomic E-state index is 10.9. The Morgan fingerprint density at radius 2 is 2.11 bits per heavy atom. The van der Waals surface area contributed by atoms with Gasteiger partial charge in [0.2, 0.25) is 0 Å². The minimum absolute atomic E-state index is 0.249. The molecule has 11 nitrogen and oxygen atoms in total. The van der Waals surface area contributed by atoms with Gasteiger partial charge in [0.1, 0.15) is 36.1 Å². The van der Waals surface area contributed by atoms with Gasteiger partial charge in [0, 0.05) is 11.8 Å². The largest absolute Gasteiger partial charge is 0.469 e. The van der Waals surface area contributed by atoms with E-state index in [0.717, 1.165) is 11.1 Å². The van der Waals surface area contributed by atoms with E-state index in [1.165, 1.54) is 22.2 Å². The number of thiophene rings is 1. The van der Waals surface area contributed by atoms with Crippen LogP contribution >= 0.6 is 19.2 Å². The summed E-state index contributed by atoms with van der Waals surface area (Å²) >= 11 is 1.50. The van der Waals surface area contributed by atoms with E-state index in [2.05, 4.69) is 14.5 Å². The summed E-state index contributed by atoms with van der Waals surface area (Å²) in [5.74, 6) is 0.249. The number of hydrogen-bond acceptors (Lipinski definition) is 9. The summed E-state index contributed by atoms with van der Waals surface area (Å²) in [4.78, 5) is 26.0. The van der Waals surface area contributed by atoms with Crippen LogP contribution in [0.2, 0.25) is 0 Å². The summed E-state index contributed by atoms with van der Waals surface area (Å²) < 4.78 is 22.5. The molecule has 0 radical (unpaired) electrons. The Kier molecular flexibility index (Phi) is 4.98. The van der Waals surface area contributed by atoms with Gasteiger partial charge in [-0.3, -0.25) is 4.52 Å². The Labute approximate surface area is 162 Å². The number of phosphoric acid groups is 1. The molecule has 4 unspecified atom stereocenters. The third-order valence-electron chi connectivity index (χ3n) is 4.49. The van der Waals surface area contributed by atoms with E-state index < -0.39 is 39.0 Å². The highest BCUT2D eigenvalue weighted by Gasteiger charge is 2.45. The minimum Gasteiger partial charge on any atom is -0.387 e. The monoisotopic (exact) mass is 428 g/mol. The number of nitrogens with two attached hydrogens (primary N) is 1. The number of nitrogens with zero attached hydrogens (tertiary/aromatic N) is 3. The molecule has 0 bridgehead atoms. The Morgan fingerprint density at radius 1 is 1.32 bits per heavy atom. The molecule has 0 aromatic carbocycles. The fourth-order valence-corrected chi connectivity index (χ4v) is 4.20. The fraction of sp³-hybridized carbons (Fsp3) is 0.333. The van der Waals surface area contributed by atoms with E-state index in [-0.39, 0.29) is 5.82 Å². The molecule has 150 valence electrons. The van der Waals surface area contributed by atoms with Crippen LogP contribution in [0.3, 0.4) is 0 Å². The lowest BCUT2D eigenvalue weighted by molar-refractivity contribution is -0.0501. The van der Waals surface area contributed by atoms with Crippen molar-refractivity contribution in [2.45, 2.75) is 24.5 Å². The van der Waals surface area contributed by atoms with Crippen molar-refractivity contribution in [2.24, 2.45) is 0 Å². The van der Waals surface area contributed by atoms with Gasteiger partial charge in [-0.05, 0) is 22.4 Å². The molecule has 4 atom stereocenters. The lowest BCUT2D eigenvalue weighted by Crippen LogP contribution is -2.33. The van der Waals surface area contributed by atoms with E-state index in [0.29, 0.717) is 11.0 Å². The maximum atomic E-state index is 10.9. The number of hydrogen-bond donors (Lipinski definition) is 5. The molecule has 1 aliphatic rings. The van der Waals surface area contributed by atoms with Crippen molar-refractivity contribution < 1.29 is 33.8 Å². The number of anilines is 1. The van der Waals surface area contributed by atoms with Gasteiger partial charge < -0.3 is 35.0 Å². The van der Waals surface area contributed by atoms with Crippen molar-refractivity contribution in [1.82, 2.24) is 14.5 Å². The molecule has 6 N–H and O–H groups in total. The number of ether oxygens (including phenoxy) is 1. The van der Waals surface area contributed by atoms with Crippen LogP contribution in [0.15, 0.2) is 29.4 Å². The number of aromatic nitrogens is 3. The Morgan fingerprint density at radius 3 is 2.79 bits per heavy atom. The molecule has 4 rings (SSSR count). The summed E-state index contributed by atoms with van der Waals surface area (Å²) in [6, 6.07) is 1.90. The SMILES string of the molecule is Nc1ncnc2c1c(-c1ccsc1)cn2C1OC(COP(=O)(O)O)C(O)C1O. The number of aliphatic hydroxyl groups is 2. The zero-order valence-electron chi connectivity index (χ0n) is 14.2. The third kappa shape index (κ3) is 3.45. The highest BCUT2D eigenvalue weighted by Crippen LogP contribution is 2.41. The highest BCUT2D eigenvalue weighted by molar-refractivity contribution is 7.46. The smallest absolute Gasteiger partial charge is 0.387 e. The normalized spacial score (nSPS) is 25.6. The summed E-state index contributed by atoms with van der Waals surface area (Å²) in [5.41, 5.74) is 8.04. The first kappa shape index (κ1) is 19.4. The lowest BCUT2D eigenvalue weighted by Gasteiger charge is -2.17. The van der Waals surface area contributed by atoms with E-state index in [1.54, 1.807) is 6.20 Å². The molecule has 13 heteroatoms. The number of nitrogen functional groups attached to an aromatic ring is 1. The zero-order valence-corrected chi connectivity index (χ0v) is 15.9. The van der Waals surface area contributed by atoms with Crippen molar-refractivity contribution in [3.63, 3.8) is 0 Å². The maximum Gasteiger partial charge on any atom is 0.469 e. The predicted molar refractivity (Wildman–Crippen MR) is 99.2 cm³/mol. The standard InChI is InChI=1S/C15H17N4O7PS/c16-13-10-8(7-1-2-28-5-7)3-19(14(10)18-6-17-13)15-12(21)11(20)9(26-15)4-25-27(22,23)24/h1-3,5-6,9,11-12,15,20-21H,4H2,(H2,16,17,18)(H2,22,23,24). The molecule has 0 amide bonds. The van der Waals surface area contributed by atoms with Crippen LogP contribution in [0.5, 0.6) is 0 Å². The average molecular weight is 428 g/mol. The van der Waals surface area contributed by atoms with E-state index >= 15 is 0 Å². The summed E-state index contributed by atoms with van der Waals surface area (Å²) in [6.45, 7) is -0.591. The van der Waals surface area contributed by atoms with Crippen molar-refractivity contribution >= 4 is 36.0 Å². The van der Waals surface area contributed by atoms with Crippen LogP contribution in [0, 0.1) is 0 Å². The summed E-state index contributed by atoms with van der Waals surface area (Å²) in [7, 11) is -4.75. The van der Waals surface area contributed by atoms with Gasteiger partial charge in [-0.1, -0.05) is 0 Å². The lowest BCUT2D eigenvalue weighted by atomic mass is 10.1. The molecule has 4 heterocycles. The van der Waals surface area contributed by atoms with Crippen molar-refractivity contribution in [3.8, 4) is 11.1 Å². The van der Waals surface area contributed by atoms with Crippen LogP contribution in [0.1, 0.15) is 6.23 Å². The first-order valence-electron chi connectivity index (χ1n) is 8.11. The van der Waals surface area contributed by atoms with Gasteiger partial charge in [-0.15, -0.1) is 0 Å². The van der Waals surface area contributed by atoms with Crippen LogP contribution in [0.25, 0.3) is 22.2 Å². The average Bonchev–Trinajstić information content (AvgIpc) is 3.33. The predicted octanol–water partition coefficient (Wildman–Crippen LogP) is 0.470. The zero-order chi connectivity index (χ0) is 20.1. The number of aliphatic hydroxyl groups excluding tert-OH is 2. The van der Waals surface area contributed by atoms with E-state index in [9.17, 15) is 14.8 Å². The van der Waals surface area contributed by atoms with E-state index in [4.69, 9.17) is 20.3 Å². The minimum atomic E-state index is -4.75. The van der Waals surface area contributed by atoms with Gasteiger partial charge in [0.15, 0.2) is 6.23 Å². The highest BCUT2D eigenvalue weighted by atomic mass is 32.1. The molecule has 1 aliphatic heterocycles. The second kappa shape index (κ2) is 7.17. The van der Waals surface area contributed by atoms with Crippen molar-refractivity contribution in [3.05, 3.63) is 29.4 Å². The Balaban J connectivity index is 1.73. The molecule has 0 aliphatic carbocycles. The van der Waals surface area contributed by atoms with Crippen LogP contribution in [-0.4, -0.2) is 59.5 Å². The van der Waals surface area contributed by atoms with Crippen LogP contribution in [0.4, 0.5) is 5.82 Å². The summed E-state index contributed by atoms with van der Waals surface area (Å²) in [6.07, 6.45) is -2.05. The molecule has 1 saturated heterocycles. The summed E-state index contributed by atoms with van der Waals surface area (Å²) in [5, 5.41) is 25.1. The number of rotatable bonds is 5. The van der Waals surface area contributed by atoms with Crippen molar-refractivity contribution in [2.75, 3.05) is 12.3 Å². The van der Waals surface area contributed by atoms with Gasteiger partial charge in [-0.25, -0.2) is 14.5 Å². The molecule has 0 spiro atoms. The number of fused-ring (bicyclic) bond motifs is 1. The van der Waals surface area contributed by atoms with Gasteiger partial charge in [-0.2, -0.15) is 11.3 Å². The number of phosphoric ester groups is 1. The first-order valence-corrected chi connectivity index (χ1v) is 10.6. The quantitative estimate of drug-likeness (QED) is 0.359. The molecule has 28 heavy (non-hydrogen) atoms. The fourth-order valence-electron chi connectivity index (χ4n) is 3.21.